The van der Waals surface area contributed by atoms with Crippen LogP contribution in [-0.2, 0) is 10.9 Å². The number of benzene rings is 1. The summed E-state index contributed by atoms with van der Waals surface area (Å²) in [6.07, 6.45) is -1.50. The van der Waals surface area contributed by atoms with Crippen molar-refractivity contribution in [3.05, 3.63) is 41.2 Å². The van der Waals surface area contributed by atoms with Crippen molar-refractivity contribution in [3.63, 3.8) is 0 Å². The topological polar surface area (TPSA) is 21.3 Å². The summed E-state index contributed by atoms with van der Waals surface area (Å²) in [5, 5.41) is 3.00. The molecule has 0 saturated carbocycles. The Bertz CT molecular complexity index is 429. The number of rotatable bonds is 6. The van der Waals surface area contributed by atoms with E-state index in [1.165, 1.54) is 12.1 Å². The van der Waals surface area contributed by atoms with E-state index in [4.69, 9.17) is 4.74 Å². The molecular formula is C13H15F4NO. The highest BCUT2D eigenvalue weighted by molar-refractivity contribution is 5.51. The number of methoxy groups -OCH3 is 1. The van der Waals surface area contributed by atoms with E-state index in [0.29, 0.717) is 25.3 Å². The molecule has 1 N–H and O–H groups in total. The fraction of sp³-hybridized carbons (Fsp3) is 0.385. The standard InChI is InChI=1S/C13H15F4NO/c1-19-8-7-18-6-2-3-10-4-5-12(14)11(9-10)13(15,16)17/h2-5,9,18H,6-8H2,1H3/b3-2+. The number of nitrogens with one attached hydrogen (secondary N) is 1. The highest BCUT2D eigenvalue weighted by Gasteiger charge is 2.33. The van der Waals surface area contributed by atoms with E-state index in [1.807, 2.05) is 0 Å². The molecule has 0 fully saturated rings. The summed E-state index contributed by atoms with van der Waals surface area (Å²) in [4.78, 5) is 0. The van der Waals surface area contributed by atoms with E-state index in [0.717, 1.165) is 12.1 Å². The highest BCUT2D eigenvalue weighted by Crippen LogP contribution is 2.32. The predicted molar refractivity (Wildman–Crippen MR) is 65.2 cm³/mol. The van der Waals surface area contributed by atoms with Crippen molar-refractivity contribution in [2.75, 3.05) is 26.8 Å². The Hall–Kier alpha value is -1.40. The first-order chi connectivity index (χ1) is 8.95. The summed E-state index contributed by atoms with van der Waals surface area (Å²) in [5.74, 6) is -1.26. The van der Waals surface area contributed by atoms with Crippen LogP contribution in [0.15, 0.2) is 24.3 Å². The van der Waals surface area contributed by atoms with Crippen molar-refractivity contribution in [1.29, 1.82) is 0 Å². The van der Waals surface area contributed by atoms with Crippen LogP contribution in [0.5, 0.6) is 0 Å². The average Bonchev–Trinajstić information content (AvgIpc) is 2.34. The van der Waals surface area contributed by atoms with Crippen molar-refractivity contribution >= 4 is 6.08 Å². The van der Waals surface area contributed by atoms with E-state index in [2.05, 4.69) is 5.32 Å². The van der Waals surface area contributed by atoms with Crippen LogP contribution in [0.3, 0.4) is 0 Å². The summed E-state index contributed by atoms with van der Waals surface area (Å²) in [6, 6.07) is 2.91. The van der Waals surface area contributed by atoms with Gasteiger partial charge in [-0.15, -0.1) is 0 Å². The van der Waals surface area contributed by atoms with Crippen LogP contribution in [0, 0.1) is 5.82 Å². The van der Waals surface area contributed by atoms with Gasteiger partial charge in [-0.2, -0.15) is 13.2 Å². The summed E-state index contributed by atoms with van der Waals surface area (Å²) < 4.78 is 55.2. The van der Waals surface area contributed by atoms with Gasteiger partial charge in [0.25, 0.3) is 0 Å². The van der Waals surface area contributed by atoms with Gasteiger partial charge in [-0.05, 0) is 17.7 Å². The van der Waals surface area contributed by atoms with Gasteiger partial charge >= 0.3 is 6.18 Å². The fourth-order valence-corrected chi connectivity index (χ4v) is 1.42. The van der Waals surface area contributed by atoms with Crippen molar-refractivity contribution < 1.29 is 22.3 Å². The Morgan fingerprint density at radius 1 is 1.32 bits per heavy atom. The predicted octanol–water partition coefficient (Wildman–Crippen LogP) is 3.09. The van der Waals surface area contributed by atoms with Gasteiger partial charge in [0.05, 0.1) is 12.2 Å². The summed E-state index contributed by atoms with van der Waals surface area (Å²) in [7, 11) is 1.58. The van der Waals surface area contributed by atoms with Crippen LogP contribution in [0.25, 0.3) is 6.08 Å². The number of hydrogen-bond donors (Lipinski definition) is 1. The number of halogens is 4. The SMILES string of the molecule is COCCNC/C=C/c1ccc(F)c(C(F)(F)F)c1. The van der Waals surface area contributed by atoms with E-state index >= 15 is 0 Å². The number of alkyl halides is 3. The lowest BCUT2D eigenvalue weighted by atomic mass is 10.1. The normalized spacial score (nSPS) is 12.3. The number of hydrogen-bond acceptors (Lipinski definition) is 2. The second-order valence-electron chi connectivity index (χ2n) is 3.84. The van der Waals surface area contributed by atoms with Crippen molar-refractivity contribution in [3.8, 4) is 0 Å². The lowest BCUT2D eigenvalue weighted by Crippen LogP contribution is -2.18. The molecule has 0 aliphatic rings. The maximum Gasteiger partial charge on any atom is 0.419 e. The van der Waals surface area contributed by atoms with Gasteiger partial charge in [0.1, 0.15) is 5.82 Å². The van der Waals surface area contributed by atoms with Gasteiger partial charge in [-0.25, -0.2) is 4.39 Å². The summed E-state index contributed by atoms with van der Waals surface area (Å²) in [5.41, 5.74) is -0.941. The molecule has 1 aromatic rings. The molecule has 1 rings (SSSR count). The first-order valence-electron chi connectivity index (χ1n) is 5.68. The minimum atomic E-state index is -4.68. The van der Waals surface area contributed by atoms with Gasteiger partial charge in [0.15, 0.2) is 0 Å². The highest BCUT2D eigenvalue weighted by atomic mass is 19.4. The van der Waals surface area contributed by atoms with Gasteiger partial charge in [-0.1, -0.05) is 18.2 Å². The molecule has 0 radical (unpaired) electrons. The molecule has 106 valence electrons. The van der Waals surface area contributed by atoms with E-state index in [9.17, 15) is 17.6 Å². The van der Waals surface area contributed by atoms with E-state index < -0.39 is 17.6 Å². The Kier molecular flexibility index (Phi) is 5.98. The molecule has 19 heavy (non-hydrogen) atoms. The smallest absolute Gasteiger partial charge is 0.383 e. The lowest BCUT2D eigenvalue weighted by molar-refractivity contribution is -0.140. The Labute approximate surface area is 109 Å². The molecule has 1 aromatic carbocycles. The molecule has 0 aliphatic heterocycles. The third kappa shape index (κ3) is 5.40. The Morgan fingerprint density at radius 2 is 2.05 bits per heavy atom. The minimum absolute atomic E-state index is 0.308. The van der Waals surface area contributed by atoms with Gasteiger partial charge in [0.2, 0.25) is 0 Å². The van der Waals surface area contributed by atoms with Crippen LogP contribution >= 0.6 is 0 Å². The Morgan fingerprint density at radius 3 is 2.68 bits per heavy atom. The molecule has 0 aromatic heterocycles. The summed E-state index contributed by atoms with van der Waals surface area (Å²) in [6.45, 7) is 1.71. The van der Waals surface area contributed by atoms with Crippen molar-refractivity contribution in [1.82, 2.24) is 5.32 Å². The monoisotopic (exact) mass is 277 g/mol. The fourth-order valence-electron chi connectivity index (χ4n) is 1.42. The molecule has 0 bridgehead atoms. The zero-order valence-electron chi connectivity index (χ0n) is 10.4. The molecule has 0 spiro atoms. The van der Waals surface area contributed by atoms with Crippen LogP contribution in [0.2, 0.25) is 0 Å². The molecule has 6 heteroatoms. The van der Waals surface area contributed by atoms with Crippen LogP contribution in [-0.4, -0.2) is 26.8 Å². The first kappa shape index (κ1) is 15.7. The largest absolute Gasteiger partial charge is 0.419 e. The van der Waals surface area contributed by atoms with Crippen molar-refractivity contribution in [2.24, 2.45) is 0 Å². The third-order valence-electron chi connectivity index (χ3n) is 2.35. The van der Waals surface area contributed by atoms with E-state index in [-0.39, 0.29) is 0 Å². The second kappa shape index (κ2) is 7.25. The van der Waals surface area contributed by atoms with Crippen LogP contribution < -0.4 is 5.32 Å². The average molecular weight is 277 g/mol. The van der Waals surface area contributed by atoms with E-state index in [1.54, 1.807) is 13.2 Å². The molecular weight excluding hydrogens is 262 g/mol. The van der Waals surface area contributed by atoms with Crippen LogP contribution in [0.1, 0.15) is 11.1 Å². The molecule has 0 saturated heterocycles. The maximum atomic E-state index is 13.0. The molecule has 0 aliphatic carbocycles. The summed E-state index contributed by atoms with van der Waals surface area (Å²) >= 11 is 0. The maximum absolute atomic E-state index is 13.0. The zero-order chi connectivity index (χ0) is 14.3. The number of ether oxygens (including phenoxy) is 1. The minimum Gasteiger partial charge on any atom is -0.383 e. The lowest BCUT2D eigenvalue weighted by Gasteiger charge is -2.08. The molecule has 0 amide bonds. The Balaban J connectivity index is 2.62. The quantitative estimate of drug-likeness (QED) is 0.637. The third-order valence-corrected chi connectivity index (χ3v) is 2.35. The zero-order valence-corrected chi connectivity index (χ0v) is 10.4. The van der Waals surface area contributed by atoms with Gasteiger partial charge in [-0.3, -0.25) is 0 Å². The van der Waals surface area contributed by atoms with Gasteiger partial charge < -0.3 is 10.1 Å². The van der Waals surface area contributed by atoms with Crippen LogP contribution in [0.4, 0.5) is 17.6 Å². The second-order valence-corrected chi connectivity index (χ2v) is 3.84. The van der Waals surface area contributed by atoms with Crippen molar-refractivity contribution in [2.45, 2.75) is 6.18 Å². The molecule has 0 atom stereocenters. The molecule has 0 unspecified atom stereocenters. The molecule has 0 heterocycles. The molecule has 2 nitrogen and oxygen atoms in total. The van der Waals surface area contributed by atoms with Gasteiger partial charge in [0, 0.05) is 20.2 Å². The first-order valence-corrected chi connectivity index (χ1v) is 5.68.